The summed E-state index contributed by atoms with van der Waals surface area (Å²) in [4.78, 5) is 38.1. The highest BCUT2D eigenvalue weighted by Gasteiger charge is 2.32. The maximum Gasteiger partial charge on any atom is 0.337 e. The van der Waals surface area contributed by atoms with Gasteiger partial charge in [-0.05, 0) is 31.0 Å². The minimum absolute atomic E-state index is 0.0499. The van der Waals surface area contributed by atoms with E-state index in [1.54, 1.807) is 4.90 Å². The Morgan fingerprint density at radius 2 is 1.81 bits per heavy atom. The highest BCUT2D eigenvalue weighted by atomic mass is 19.1. The molecule has 1 N–H and O–H groups in total. The van der Waals surface area contributed by atoms with E-state index in [0.29, 0.717) is 25.9 Å². The number of nitrogens with one attached hydrogen (secondary N) is 1. The van der Waals surface area contributed by atoms with Crippen molar-refractivity contribution in [1.82, 2.24) is 4.90 Å². The van der Waals surface area contributed by atoms with Crippen molar-refractivity contribution >= 4 is 23.5 Å². The van der Waals surface area contributed by atoms with E-state index >= 15 is 0 Å². The minimum atomic E-state index is -0.619. The van der Waals surface area contributed by atoms with Crippen molar-refractivity contribution in [2.24, 2.45) is 11.3 Å². The van der Waals surface area contributed by atoms with E-state index in [-0.39, 0.29) is 29.0 Å². The Balaban J connectivity index is 2.00. The molecule has 1 aliphatic rings. The number of hydrogen-bond donors (Lipinski definition) is 1. The Bertz CT molecular complexity index is 704. The molecule has 0 aromatic heterocycles. The highest BCUT2D eigenvalue weighted by molar-refractivity contribution is 5.95. The van der Waals surface area contributed by atoms with Gasteiger partial charge in [-0.25, -0.2) is 9.18 Å². The molecule has 2 amide bonds. The molecule has 0 radical (unpaired) electrons. The molecule has 1 saturated heterocycles. The smallest absolute Gasteiger partial charge is 0.337 e. The molecule has 0 spiro atoms. The Labute approximate surface area is 152 Å². The summed E-state index contributed by atoms with van der Waals surface area (Å²) in [6, 6.07) is 3.68. The second-order valence-electron chi connectivity index (χ2n) is 7.49. The third-order valence-corrected chi connectivity index (χ3v) is 4.44. The van der Waals surface area contributed by atoms with Crippen molar-refractivity contribution in [1.29, 1.82) is 0 Å². The lowest BCUT2D eigenvalue weighted by Crippen LogP contribution is -2.45. The number of benzene rings is 1. The molecule has 1 heterocycles. The number of piperidine rings is 1. The maximum absolute atomic E-state index is 13.9. The van der Waals surface area contributed by atoms with Gasteiger partial charge < -0.3 is 15.0 Å². The standard InChI is InChI=1S/C19H25FN2O4/c1-19(2,3)18(25)22-9-7-12(8-10-22)16(23)21-15-11-13(17(24)26-4)5-6-14(15)20/h5-6,11-12H,7-10H2,1-4H3,(H,21,23). The lowest BCUT2D eigenvalue weighted by atomic mass is 9.90. The van der Waals surface area contributed by atoms with Crippen LogP contribution in [-0.2, 0) is 14.3 Å². The second kappa shape index (κ2) is 7.85. The summed E-state index contributed by atoms with van der Waals surface area (Å²) < 4.78 is 18.5. The van der Waals surface area contributed by atoms with Crippen molar-refractivity contribution in [3.8, 4) is 0 Å². The molecule has 1 aliphatic heterocycles. The number of amides is 2. The first kappa shape index (κ1) is 19.9. The summed E-state index contributed by atoms with van der Waals surface area (Å²) in [7, 11) is 1.23. The van der Waals surface area contributed by atoms with Crippen molar-refractivity contribution < 1.29 is 23.5 Å². The van der Waals surface area contributed by atoms with Gasteiger partial charge in [-0.2, -0.15) is 0 Å². The molecule has 0 unspecified atom stereocenters. The van der Waals surface area contributed by atoms with Crippen LogP contribution in [0.25, 0.3) is 0 Å². The molecule has 7 heteroatoms. The molecule has 0 saturated carbocycles. The van der Waals surface area contributed by atoms with Gasteiger partial charge in [0.15, 0.2) is 0 Å². The number of halogens is 1. The van der Waals surface area contributed by atoms with E-state index < -0.39 is 17.2 Å². The molecule has 1 aromatic carbocycles. The van der Waals surface area contributed by atoms with Crippen LogP contribution >= 0.6 is 0 Å². The lowest BCUT2D eigenvalue weighted by molar-refractivity contribution is -0.142. The number of carbonyl (C=O) groups excluding carboxylic acids is 3. The van der Waals surface area contributed by atoms with Crippen LogP contribution in [0.5, 0.6) is 0 Å². The van der Waals surface area contributed by atoms with Crippen LogP contribution in [0.3, 0.4) is 0 Å². The van der Waals surface area contributed by atoms with E-state index in [1.807, 2.05) is 20.8 Å². The number of methoxy groups -OCH3 is 1. The number of anilines is 1. The van der Waals surface area contributed by atoms with E-state index in [4.69, 9.17) is 0 Å². The molecule has 0 bridgehead atoms. The number of carbonyl (C=O) groups is 3. The third-order valence-electron chi connectivity index (χ3n) is 4.44. The Morgan fingerprint density at radius 3 is 2.35 bits per heavy atom. The van der Waals surface area contributed by atoms with Gasteiger partial charge in [-0.3, -0.25) is 9.59 Å². The largest absolute Gasteiger partial charge is 0.465 e. The van der Waals surface area contributed by atoms with E-state index in [9.17, 15) is 18.8 Å². The van der Waals surface area contributed by atoms with Crippen LogP contribution < -0.4 is 5.32 Å². The normalized spacial score (nSPS) is 15.5. The molecule has 1 fully saturated rings. The average molecular weight is 364 g/mol. The summed E-state index contributed by atoms with van der Waals surface area (Å²) in [5, 5.41) is 2.55. The zero-order chi connectivity index (χ0) is 19.5. The van der Waals surface area contributed by atoms with Gasteiger partial charge in [0.25, 0.3) is 0 Å². The van der Waals surface area contributed by atoms with E-state index in [1.165, 1.54) is 19.2 Å². The number of hydrogen-bond acceptors (Lipinski definition) is 4. The van der Waals surface area contributed by atoms with Gasteiger partial charge in [0.2, 0.25) is 11.8 Å². The summed E-state index contributed by atoms with van der Waals surface area (Å²) in [6.07, 6.45) is 1.04. The lowest BCUT2D eigenvalue weighted by Gasteiger charge is -2.35. The fraction of sp³-hybridized carbons (Fsp3) is 0.526. The molecule has 2 rings (SSSR count). The van der Waals surface area contributed by atoms with Crippen molar-refractivity contribution in [2.45, 2.75) is 33.6 Å². The first-order valence-electron chi connectivity index (χ1n) is 8.61. The first-order valence-corrected chi connectivity index (χ1v) is 8.61. The molecule has 6 nitrogen and oxygen atoms in total. The average Bonchev–Trinajstić information content (AvgIpc) is 2.61. The van der Waals surface area contributed by atoms with Crippen LogP contribution in [0.2, 0.25) is 0 Å². The topological polar surface area (TPSA) is 75.7 Å². The highest BCUT2D eigenvalue weighted by Crippen LogP contribution is 2.25. The zero-order valence-corrected chi connectivity index (χ0v) is 15.6. The van der Waals surface area contributed by atoms with Gasteiger partial charge in [0.05, 0.1) is 18.4 Å². The number of rotatable bonds is 3. The van der Waals surface area contributed by atoms with Gasteiger partial charge in [-0.1, -0.05) is 20.8 Å². The number of likely N-dealkylation sites (tertiary alicyclic amines) is 1. The van der Waals surface area contributed by atoms with E-state index in [0.717, 1.165) is 6.07 Å². The van der Waals surface area contributed by atoms with E-state index in [2.05, 4.69) is 10.1 Å². The molecular weight excluding hydrogens is 339 g/mol. The van der Waals surface area contributed by atoms with Crippen molar-refractivity contribution in [3.05, 3.63) is 29.6 Å². The molecule has 1 aromatic rings. The summed E-state index contributed by atoms with van der Waals surface area (Å²) in [6.45, 7) is 6.60. The summed E-state index contributed by atoms with van der Waals surface area (Å²) in [5.74, 6) is -1.77. The van der Waals surface area contributed by atoms with Crippen LogP contribution in [0.1, 0.15) is 44.0 Å². The van der Waals surface area contributed by atoms with Crippen LogP contribution in [-0.4, -0.2) is 42.9 Å². The van der Waals surface area contributed by atoms with Gasteiger partial charge >= 0.3 is 5.97 Å². The van der Waals surface area contributed by atoms with Gasteiger partial charge in [0.1, 0.15) is 5.82 Å². The minimum Gasteiger partial charge on any atom is -0.465 e. The zero-order valence-electron chi connectivity index (χ0n) is 15.6. The number of esters is 1. The molecule has 26 heavy (non-hydrogen) atoms. The quantitative estimate of drug-likeness (QED) is 0.837. The van der Waals surface area contributed by atoms with Crippen LogP contribution in [0.15, 0.2) is 18.2 Å². The number of nitrogens with zero attached hydrogens (tertiary/aromatic N) is 1. The number of ether oxygens (including phenoxy) is 1. The van der Waals surface area contributed by atoms with Crippen molar-refractivity contribution in [2.75, 3.05) is 25.5 Å². The summed E-state index contributed by atoms with van der Waals surface area (Å²) in [5.41, 5.74) is -0.340. The van der Waals surface area contributed by atoms with Gasteiger partial charge in [0, 0.05) is 24.4 Å². The molecule has 0 aliphatic carbocycles. The van der Waals surface area contributed by atoms with Crippen molar-refractivity contribution in [3.63, 3.8) is 0 Å². The molecular formula is C19H25FN2O4. The fourth-order valence-corrected chi connectivity index (χ4v) is 2.92. The predicted molar refractivity (Wildman–Crippen MR) is 95.1 cm³/mol. The Morgan fingerprint density at radius 1 is 1.19 bits per heavy atom. The van der Waals surface area contributed by atoms with Crippen LogP contribution in [0.4, 0.5) is 10.1 Å². The summed E-state index contributed by atoms with van der Waals surface area (Å²) >= 11 is 0. The molecule has 142 valence electrons. The fourth-order valence-electron chi connectivity index (χ4n) is 2.92. The first-order chi connectivity index (χ1) is 12.1. The monoisotopic (exact) mass is 364 g/mol. The molecule has 0 atom stereocenters. The second-order valence-corrected chi connectivity index (χ2v) is 7.49. The SMILES string of the molecule is COC(=O)c1ccc(F)c(NC(=O)C2CCN(C(=O)C(C)(C)C)CC2)c1. The Kier molecular flexibility index (Phi) is 6.00. The Hall–Kier alpha value is -2.44. The van der Waals surface area contributed by atoms with Crippen LogP contribution in [0, 0.1) is 17.2 Å². The maximum atomic E-state index is 13.9. The van der Waals surface area contributed by atoms with Gasteiger partial charge in [-0.15, -0.1) is 0 Å². The predicted octanol–water partition coefficient (Wildman–Crippen LogP) is 2.84. The third kappa shape index (κ3) is 4.59.